The number of rotatable bonds is 8. The molecular formula is C11H17N3O5S. The minimum Gasteiger partial charge on any atom is -0.459 e. The van der Waals surface area contributed by atoms with E-state index >= 15 is 0 Å². The number of carbonyl (C=O) groups is 2. The number of ether oxygens (including phenoxy) is 2. The summed E-state index contributed by atoms with van der Waals surface area (Å²) in [5.74, 6) is -1.08. The summed E-state index contributed by atoms with van der Waals surface area (Å²) in [6.45, 7) is 4.47. The molecule has 0 aromatic carbocycles. The normalized spacial score (nSPS) is 11.9. The van der Waals surface area contributed by atoms with Gasteiger partial charge in [-0.2, -0.15) is 0 Å². The van der Waals surface area contributed by atoms with E-state index in [1.54, 1.807) is 21.0 Å². The lowest BCUT2D eigenvalue weighted by Gasteiger charge is -2.08. The highest BCUT2D eigenvalue weighted by atomic mass is 32.2. The average molecular weight is 303 g/mol. The van der Waals surface area contributed by atoms with E-state index in [1.807, 2.05) is 0 Å². The van der Waals surface area contributed by atoms with Crippen molar-refractivity contribution in [3.05, 3.63) is 5.89 Å². The van der Waals surface area contributed by atoms with Crippen LogP contribution in [0.4, 0.5) is 0 Å². The van der Waals surface area contributed by atoms with Crippen molar-refractivity contribution in [3.63, 3.8) is 0 Å². The van der Waals surface area contributed by atoms with Gasteiger partial charge in [-0.1, -0.05) is 16.9 Å². The molecule has 0 bridgehead atoms. The zero-order valence-corrected chi connectivity index (χ0v) is 12.4. The van der Waals surface area contributed by atoms with Crippen LogP contribution < -0.4 is 5.32 Å². The van der Waals surface area contributed by atoms with Gasteiger partial charge in [0.25, 0.3) is 5.22 Å². The highest BCUT2D eigenvalue weighted by molar-refractivity contribution is 8.00. The van der Waals surface area contributed by atoms with Gasteiger partial charge >= 0.3 is 11.9 Å². The summed E-state index contributed by atoms with van der Waals surface area (Å²) in [6, 6.07) is 0. The number of thioether (sulfide) groups is 1. The van der Waals surface area contributed by atoms with Gasteiger partial charge in [0.05, 0.1) is 18.5 Å². The first kappa shape index (κ1) is 16.4. The maximum Gasteiger partial charge on any atom is 0.396 e. The van der Waals surface area contributed by atoms with Gasteiger partial charge in [0.1, 0.15) is 0 Å². The summed E-state index contributed by atoms with van der Waals surface area (Å²) in [7, 11) is 1.56. The number of hydrogen-bond donors (Lipinski definition) is 1. The molecule has 1 heterocycles. The van der Waals surface area contributed by atoms with Crippen LogP contribution in [0.1, 0.15) is 24.5 Å². The number of aromatic nitrogens is 2. The molecule has 1 atom stereocenters. The fourth-order valence-electron chi connectivity index (χ4n) is 1.16. The van der Waals surface area contributed by atoms with Crippen LogP contribution in [0, 0.1) is 0 Å². The monoisotopic (exact) mass is 303 g/mol. The molecule has 0 saturated heterocycles. The third kappa shape index (κ3) is 5.17. The largest absolute Gasteiger partial charge is 0.459 e. The van der Waals surface area contributed by atoms with Crippen LogP contribution in [0.3, 0.4) is 0 Å². The zero-order chi connectivity index (χ0) is 15.0. The number of hydrogen-bond acceptors (Lipinski definition) is 8. The first-order valence-electron chi connectivity index (χ1n) is 6.02. The molecule has 0 aliphatic carbocycles. The second kappa shape index (κ2) is 8.54. The Morgan fingerprint density at radius 3 is 2.85 bits per heavy atom. The van der Waals surface area contributed by atoms with Gasteiger partial charge in [-0.25, -0.2) is 4.79 Å². The lowest BCUT2D eigenvalue weighted by atomic mass is 10.4. The van der Waals surface area contributed by atoms with Crippen LogP contribution in [0.15, 0.2) is 9.64 Å². The van der Waals surface area contributed by atoms with Gasteiger partial charge in [-0.3, -0.25) is 4.79 Å². The SMILES string of the molecule is CCOC(=O)c1nnc(SC(C)C(=O)NCCOC)o1. The summed E-state index contributed by atoms with van der Waals surface area (Å²) in [5, 5.41) is 9.64. The average Bonchev–Trinajstić information content (AvgIpc) is 2.87. The molecule has 1 amide bonds. The summed E-state index contributed by atoms with van der Waals surface area (Å²) >= 11 is 1.07. The Balaban J connectivity index is 2.47. The Labute approximate surface area is 120 Å². The maximum atomic E-state index is 11.7. The van der Waals surface area contributed by atoms with Crippen LogP contribution in [0.2, 0.25) is 0 Å². The molecule has 1 aromatic heterocycles. The molecule has 0 aliphatic rings. The number of esters is 1. The second-order valence-electron chi connectivity index (χ2n) is 3.64. The topological polar surface area (TPSA) is 104 Å². The highest BCUT2D eigenvalue weighted by Gasteiger charge is 2.20. The quantitative estimate of drug-likeness (QED) is 0.420. The van der Waals surface area contributed by atoms with E-state index in [0.717, 1.165) is 11.8 Å². The van der Waals surface area contributed by atoms with Crippen molar-refractivity contribution >= 4 is 23.6 Å². The molecule has 0 fully saturated rings. The standard InChI is InChI=1S/C11H17N3O5S/c1-4-18-10(16)9-13-14-11(19-9)20-7(2)8(15)12-5-6-17-3/h7H,4-6H2,1-3H3,(H,12,15). The minimum atomic E-state index is -0.677. The Bertz CT molecular complexity index is 451. The van der Waals surface area contributed by atoms with Gasteiger partial charge in [0.2, 0.25) is 5.91 Å². The van der Waals surface area contributed by atoms with E-state index in [4.69, 9.17) is 13.9 Å². The predicted octanol–water partition coefficient (Wildman–Crippen LogP) is 0.489. The molecule has 0 radical (unpaired) electrons. The van der Waals surface area contributed by atoms with Crippen LogP contribution in [-0.2, 0) is 14.3 Å². The molecular weight excluding hydrogens is 286 g/mol. The van der Waals surface area contributed by atoms with Crippen LogP contribution in [0.25, 0.3) is 0 Å². The molecule has 9 heteroatoms. The predicted molar refractivity (Wildman–Crippen MR) is 70.5 cm³/mol. The smallest absolute Gasteiger partial charge is 0.396 e. The maximum absolute atomic E-state index is 11.7. The van der Waals surface area contributed by atoms with E-state index in [2.05, 4.69) is 15.5 Å². The number of nitrogens with one attached hydrogen (secondary N) is 1. The Morgan fingerprint density at radius 2 is 2.20 bits per heavy atom. The third-order valence-electron chi connectivity index (χ3n) is 2.11. The van der Waals surface area contributed by atoms with Gasteiger partial charge in [0, 0.05) is 13.7 Å². The van der Waals surface area contributed by atoms with E-state index in [0.29, 0.717) is 13.2 Å². The minimum absolute atomic E-state index is 0.141. The van der Waals surface area contributed by atoms with Crippen LogP contribution in [0.5, 0.6) is 0 Å². The van der Waals surface area contributed by atoms with Crippen LogP contribution >= 0.6 is 11.8 Å². The van der Waals surface area contributed by atoms with E-state index in [-0.39, 0.29) is 23.6 Å². The van der Waals surface area contributed by atoms with Crippen LogP contribution in [-0.4, -0.2) is 54.2 Å². The molecule has 0 aliphatic heterocycles. The summed E-state index contributed by atoms with van der Waals surface area (Å²) in [6.07, 6.45) is 0. The summed E-state index contributed by atoms with van der Waals surface area (Å²) in [5.41, 5.74) is 0. The number of nitrogens with zero attached hydrogens (tertiary/aromatic N) is 2. The molecule has 0 saturated carbocycles. The van der Waals surface area contributed by atoms with Crippen molar-refractivity contribution < 1.29 is 23.5 Å². The molecule has 20 heavy (non-hydrogen) atoms. The number of amides is 1. The van der Waals surface area contributed by atoms with E-state index < -0.39 is 11.2 Å². The zero-order valence-electron chi connectivity index (χ0n) is 11.5. The van der Waals surface area contributed by atoms with Gasteiger partial charge in [-0.15, -0.1) is 5.10 Å². The van der Waals surface area contributed by atoms with Crippen molar-refractivity contribution in [2.24, 2.45) is 0 Å². The molecule has 8 nitrogen and oxygen atoms in total. The summed E-state index contributed by atoms with van der Waals surface area (Å²) < 4.78 is 14.7. The van der Waals surface area contributed by atoms with Gasteiger partial charge in [0.15, 0.2) is 0 Å². The van der Waals surface area contributed by atoms with Gasteiger partial charge < -0.3 is 19.2 Å². The third-order valence-corrected chi connectivity index (χ3v) is 3.04. The number of methoxy groups -OCH3 is 1. The van der Waals surface area contributed by atoms with Crippen molar-refractivity contribution in [1.29, 1.82) is 0 Å². The molecule has 1 N–H and O–H groups in total. The van der Waals surface area contributed by atoms with Crippen molar-refractivity contribution in [2.45, 2.75) is 24.3 Å². The lowest BCUT2D eigenvalue weighted by Crippen LogP contribution is -2.33. The molecule has 1 aromatic rings. The lowest BCUT2D eigenvalue weighted by molar-refractivity contribution is -0.120. The van der Waals surface area contributed by atoms with E-state index in [9.17, 15) is 9.59 Å². The van der Waals surface area contributed by atoms with Crippen molar-refractivity contribution in [1.82, 2.24) is 15.5 Å². The van der Waals surface area contributed by atoms with E-state index in [1.165, 1.54) is 0 Å². The molecule has 1 rings (SSSR count). The van der Waals surface area contributed by atoms with Crippen molar-refractivity contribution in [2.75, 3.05) is 26.9 Å². The Morgan fingerprint density at radius 1 is 1.45 bits per heavy atom. The number of carbonyl (C=O) groups excluding carboxylic acids is 2. The summed E-state index contributed by atoms with van der Waals surface area (Å²) in [4.78, 5) is 23.0. The Hall–Kier alpha value is -1.61. The second-order valence-corrected chi connectivity index (χ2v) is 4.93. The first-order chi connectivity index (χ1) is 9.58. The van der Waals surface area contributed by atoms with Gasteiger partial charge in [-0.05, 0) is 13.8 Å². The highest BCUT2D eigenvalue weighted by Crippen LogP contribution is 2.21. The molecule has 0 spiro atoms. The molecule has 1 unspecified atom stereocenters. The molecule has 112 valence electrons. The first-order valence-corrected chi connectivity index (χ1v) is 6.90. The fourth-order valence-corrected chi connectivity index (χ4v) is 1.87. The fraction of sp³-hybridized carbons (Fsp3) is 0.636. The Kier molecular flexibility index (Phi) is 7.02. The van der Waals surface area contributed by atoms with Crippen molar-refractivity contribution in [3.8, 4) is 0 Å².